The van der Waals surface area contributed by atoms with Gasteiger partial charge in [-0.05, 0) is 17.4 Å². The van der Waals surface area contributed by atoms with Gasteiger partial charge in [-0.1, -0.05) is 12.6 Å². The molecule has 1 aliphatic heterocycles. The average Bonchev–Trinajstić information content (AvgIpc) is 2.16. The van der Waals surface area contributed by atoms with Crippen molar-refractivity contribution in [1.29, 1.82) is 0 Å². The number of benzene rings is 1. The first-order valence-corrected chi connectivity index (χ1v) is 4.39. The Balaban J connectivity index is 2.77. The molecule has 0 spiro atoms. The molecule has 0 atom stereocenters. The van der Waals surface area contributed by atoms with Gasteiger partial charge in [-0.15, -0.1) is 0 Å². The lowest BCUT2D eigenvalue weighted by Crippen LogP contribution is -2.25. The molecule has 0 radical (unpaired) electrons. The van der Waals surface area contributed by atoms with Crippen LogP contribution in [0.25, 0.3) is 12.2 Å². The molecule has 82 valence electrons. The van der Waals surface area contributed by atoms with E-state index in [1.165, 1.54) is 18.2 Å². The molecule has 5 heteroatoms. The van der Waals surface area contributed by atoms with Gasteiger partial charge < -0.3 is 0 Å². The molecule has 1 aromatic rings. The molecule has 1 heterocycles. The molecule has 0 saturated carbocycles. The Morgan fingerprint density at radius 2 is 1.94 bits per heavy atom. The first-order chi connectivity index (χ1) is 7.38. The Morgan fingerprint density at radius 1 is 1.25 bits per heavy atom. The summed E-state index contributed by atoms with van der Waals surface area (Å²) in [7, 11) is 0. The highest BCUT2D eigenvalue weighted by Crippen LogP contribution is 2.32. The molecule has 0 aromatic heterocycles. The zero-order chi connectivity index (χ0) is 11.9. The lowest BCUT2D eigenvalue weighted by molar-refractivity contribution is -0.114. The predicted molar refractivity (Wildman–Crippen MR) is 51.8 cm³/mol. The van der Waals surface area contributed by atoms with Gasteiger partial charge in [-0.25, -0.2) is 4.99 Å². The van der Waals surface area contributed by atoms with E-state index in [9.17, 15) is 18.0 Å². The number of carbonyl (C=O) groups is 1. The van der Waals surface area contributed by atoms with E-state index in [4.69, 9.17) is 0 Å². The van der Waals surface area contributed by atoms with E-state index in [1.807, 2.05) is 0 Å². The number of amides is 1. The SMILES string of the molecule is C=c1ccc2c(c1)C(C(F)(F)F)=CC(=O)N=2. The fourth-order valence-electron chi connectivity index (χ4n) is 1.48. The summed E-state index contributed by atoms with van der Waals surface area (Å²) in [5.74, 6) is -0.892. The Kier molecular flexibility index (Phi) is 2.18. The molecular formula is C11H6F3NO. The van der Waals surface area contributed by atoms with Crippen molar-refractivity contribution in [2.24, 2.45) is 4.99 Å². The maximum Gasteiger partial charge on any atom is 0.417 e. The van der Waals surface area contributed by atoms with Crippen molar-refractivity contribution < 1.29 is 18.0 Å². The highest BCUT2D eigenvalue weighted by molar-refractivity contribution is 5.98. The number of allylic oxidation sites excluding steroid dienone is 1. The topological polar surface area (TPSA) is 29.4 Å². The van der Waals surface area contributed by atoms with Crippen LogP contribution in [0.1, 0.15) is 5.56 Å². The maximum atomic E-state index is 12.6. The van der Waals surface area contributed by atoms with Gasteiger partial charge >= 0.3 is 6.18 Å². The van der Waals surface area contributed by atoms with Crippen molar-refractivity contribution >= 4 is 18.1 Å². The Labute approximate surface area is 88.4 Å². The third kappa shape index (κ3) is 1.76. The standard InChI is InChI=1S/C11H6F3NO/c1-6-2-3-9-7(4-6)8(11(12,13)14)5-10(16)15-9/h2-5H,1H2. The van der Waals surface area contributed by atoms with Crippen LogP contribution in [-0.4, -0.2) is 12.1 Å². The van der Waals surface area contributed by atoms with Gasteiger partial charge in [0.25, 0.3) is 5.91 Å². The normalized spacial score (nSPS) is 15.2. The molecule has 0 fully saturated rings. The summed E-state index contributed by atoms with van der Waals surface area (Å²) < 4.78 is 37.9. The predicted octanol–water partition coefficient (Wildman–Crippen LogP) is 1.20. The minimum atomic E-state index is -4.56. The second-order valence-corrected chi connectivity index (χ2v) is 3.36. The molecular weight excluding hydrogens is 219 g/mol. The van der Waals surface area contributed by atoms with Crippen LogP contribution in [0.15, 0.2) is 29.3 Å². The smallest absolute Gasteiger partial charge is 0.267 e. The van der Waals surface area contributed by atoms with Crippen molar-refractivity contribution in [3.8, 4) is 0 Å². The number of hydrogen-bond donors (Lipinski definition) is 0. The van der Waals surface area contributed by atoms with E-state index in [2.05, 4.69) is 11.6 Å². The molecule has 1 amide bonds. The highest BCUT2D eigenvalue weighted by Gasteiger charge is 2.37. The Hall–Kier alpha value is -1.91. The number of hydrogen-bond acceptors (Lipinski definition) is 1. The summed E-state index contributed by atoms with van der Waals surface area (Å²) in [5.41, 5.74) is -1.06. The number of carbonyl (C=O) groups excluding carboxylic acids is 1. The number of alkyl halides is 3. The van der Waals surface area contributed by atoms with Gasteiger partial charge in [-0.2, -0.15) is 13.2 Å². The van der Waals surface area contributed by atoms with Gasteiger partial charge in [0.1, 0.15) is 0 Å². The van der Waals surface area contributed by atoms with Gasteiger partial charge in [-0.3, -0.25) is 4.79 Å². The van der Waals surface area contributed by atoms with E-state index >= 15 is 0 Å². The Bertz CT molecular complexity index is 599. The number of rotatable bonds is 0. The molecule has 2 nitrogen and oxygen atoms in total. The summed E-state index contributed by atoms with van der Waals surface area (Å²) in [6.07, 6.45) is -4.06. The van der Waals surface area contributed by atoms with Crippen molar-refractivity contribution in [2.45, 2.75) is 6.18 Å². The van der Waals surface area contributed by atoms with Gasteiger partial charge in [0.05, 0.1) is 10.9 Å². The summed E-state index contributed by atoms with van der Waals surface area (Å²) in [6.45, 7) is 3.54. The number of halogens is 3. The largest absolute Gasteiger partial charge is 0.417 e. The van der Waals surface area contributed by atoms with Crippen LogP contribution in [0.3, 0.4) is 0 Å². The van der Waals surface area contributed by atoms with E-state index in [1.54, 1.807) is 0 Å². The van der Waals surface area contributed by atoms with Crippen LogP contribution in [0, 0.1) is 0 Å². The van der Waals surface area contributed by atoms with Crippen LogP contribution >= 0.6 is 0 Å². The summed E-state index contributed by atoms with van der Waals surface area (Å²) >= 11 is 0. The fourth-order valence-corrected chi connectivity index (χ4v) is 1.48. The van der Waals surface area contributed by atoms with Crippen LogP contribution in [-0.2, 0) is 4.79 Å². The van der Waals surface area contributed by atoms with Crippen molar-refractivity contribution in [3.05, 3.63) is 40.4 Å². The lowest BCUT2D eigenvalue weighted by atomic mass is 10.0. The average molecular weight is 225 g/mol. The van der Waals surface area contributed by atoms with Gasteiger partial charge in [0.15, 0.2) is 0 Å². The number of fused-ring (bicyclic) bond motifs is 1. The first kappa shape index (κ1) is 10.6. The number of nitrogens with zero attached hydrogens (tertiary/aromatic N) is 1. The van der Waals surface area contributed by atoms with E-state index in [0.717, 1.165) is 0 Å². The molecule has 0 unspecified atom stereocenters. The monoisotopic (exact) mass is 225 g/mol. The summed E-state index contributed by atoms with van der Waals surface area (Å²) in [6, 6.07) is 4.13. The molecule has 0 bridgehead atoms. The third-order valence-electron chi connectivity index (χ3n) is 2.15. The van der Waals surface area contributed by atoms with Crippen LogP contribution in [0.2, 0.25) is 0 Å². The minimum Gasteiger partial charge on any atom is -0.267 e. The molecule has 0 N–H and O–H groups in total. The molecule has 1 aliphatic rings. The van der Waals surface area contributed by atoms with E-state index in [0.29, 0.717) is 11.3 Å². The third-order valence-corrected chi connectivity index (χ3v) is 2.15. The van der Waals surface area contributed by atoms with Crippen LogP contribution < -0.4 is 10.6 Å². The Morgan fingerprint density at radius 3 is 2.56 bits per heavy atom. The minimum absolute atomic E-state index is 0.0345. The second-order valence-electron chi connectivity index (χ2n) is 3.36. The van der Waals surface area contributed by atoms with Crippen LogP contribution in [0.5, 0.6) is 0 Å². The zero-order valence-corrected chi connectivity index (χ0v) is 8.01. The second kappa shape index (κ2) is 3.30. The quantitative estimate of drug-likeness (QED) is 0.652. The first-order valence-electron chi connectivity index (χ1n) is 4.39. The van der Waals surface area contributed by atoms with Crippen LogP contribution in [0.4, 0.5) is 13.2 Å². The van der Waals surface area contributed by atoms with Crippen molar-refractivity contribution in [1.82, 2.24) is 0 Å². The van der Waals surface area contributed by atoms with Crippen molar-refractivity contribution in [3.63, 3.8) is 0 Å². The highest BCUT2D eigenvalue weighted by atomic mass is 19.4. The van der Waals surface area contributed by atoms with Gasteiger partial charge in [0.2, 0.25) is 0 Å². The maximum absolute atomic E-state index is 12.6. The zero-order valence-electron chi connectivity index (χ0n) is 8.01. The van der Waals surface area contributed by atoms with Gasteiger partial charge in [0, 0.05) is 11.6 Å². The molecule has 16 heavy (non-hydrogen) atoms. The molecule has 1 aromatic carbocycles. The molecule has 2 rings (SSSR count). The molecule has 0 saturated heterocycles. The molecule has 0 aliphatic carbocycles. The fraction of sp³-hybridized carbons (Fsp3) is 0.0909. The van der Waals surface area contributed by atoms with E-state index < -0.39 is 17.7 Å². The van der Waals surface area contributed by atoms with E-state index in [-0.39, 0.29) is 10.9 Å². The summed E-state index contributed by atoms with van der Waals surface area (Å²) in [5, 5.41) is 0.477. The summed E-state index contributed by atoms with van der Waals surface area (Å²) in [4.78, 5) is 14.5. The van der Waals surface area contributed by atoms with Crippen molar-refractivity contribution in [2.75, 3.05) is 0 Å². The lowest BCUT2D eigenvalue weighted by Gasteiger charge is -2.14.